The Balaban J connectivity index is 2.07. The fourth-order valence-electron chi connectivity index (χ4n) is 4.92. The van der Waals surface area contributed by atoms with Crippen LogP contribution in [0, 0.1) is 6.92 Å². The summed E-state index contributed by atoms with van der Waals surface area (Å²) < 4.78 is 25.2. The molecule has 2 aromatic heterocycles. The Hall–Kier alpha value is -2.76. The van der Waals surface area contributed by atoms with Gasteiger partial charge in [0.2, 0.25) is 0 Å². The van der Waals surface area contributed by atoms with Gasteiger partial charge in [-0.2, -0.15) is 9.61 Å². The van der Waals surface area contributed by atoms with E-state index in [-0.39, 0.29) is 24.6 Å². The lowest BCUT2D eigenvalue weighted by atomic mass is 9.92. The van der Waals surface area contributed by atoms with Gasteiger partial charge in [-0.3, -0.25) is 4.79 Å². The molecule has 0 spiro atoms. The lowest BCUT2D eigenvalue weighted by molar-refractivity contribution is -0.167. The molecule has 3 heterocycles. The van der Waals surface area contributed by atoms with Crippen LogP contribution in [-0.4, -0.2) is 78.7 Å². The van der Waals surface area contributed by atoms with Gasteiger partial charge in [-0.25, -0.2) is 9.78 Å². The SMILES string of the molecule is C=CCOC1(C)CCN(c2c([C@H](OC(C)(C)C)C(=O)OCC)c(C)nc3cc(CC(=O)OCC[Si](C)(C)C)nn23)CC1. The van der Waals surface area contributed by atoms with Crippen LogP contribution in [-0.2, 0) is 35.0 Å². The van der Waals surface area contributed by atoms with Crippen molar-refractivity contribution < 1.29 is 28.5 Å². The Morgan fingerprint density at radius 2 is 1.86 bits per heavy atom. The maximum Gasteiger partial charge on any atom is 0.340 e. The summed E-state index contributed by atoms with van der Waals surface area (Å²) in [4.78, 5) is 33.1. The van der Waals surface area contributed by atoms with Crippen LogP contribution in [0.2, 0.25) is 25.7 Å². The number of anilines is 1. The summed E-state index contributed by atoms with van der Waals surface area (Å²) in [6, 6.07) is 2.72. The molecule has 0 bridgehead atoms. The Morgan fingerprint density at radius 1 is 1.19 bits per heavy atom. The minimum absolute atomic E-state index is 0.0378. The Labute approximate surface area is 251 Å². The highest BCUT2D eigenvalue weighted by molar-refractivity contribution is 6.76. The van der Waals surface area contributed by atoms with E-state index >= 15 is 0 Å². The number of hydrogen-bond donors (Lipinski definition) is 0. The zero-order valence-corrected chi connectivity index (χ0v) is 28.0. The zero-order valence-electron chi connectivity index (χ0n) is 27.0. The van der Waals surface area contributed by atoms with E-state index in [9.17, 15) is 9.59 Å². The van der Waals surface area contributed by atoms with E-state index in [1.54, 1.807) is 17.5 Å². The lowest BCUT2D eigenvalue weighted by Gasteiger charge is -2.41. The molecule has 0 unspecified atom stereocenters. The van der Waals surface area contributed by atoms with Crippen molar-refractivity contribution >= 4 is 31.5 Å². The molecule has 0 aliphatic carbocycles. The van der Waals surface area contributed by atoms with Crippen molar-refractivity contribution in [3.8, 4) is 0 Å². The molecule has 1 saturated heterocycles. The highest BCUT2D eigenvalue weighted by atomic mass is 28.3. The van der Waals surface area contributed by atoms with Crippen LogP contribution in [0.3, 0.4) is 0 Å². The molecule has 11 heteroatoms. The number of aryl methyl sites for hydroxylation is 1. The normalized spacial score (nSPS) is 16.4. The maximum absolute atomic E-state index is 13.4. The summed E-state index contributed by atoms with van der Waals surface area (Å²) >= 11 is 0. The summed E-state index contributed by atoms with van der Waals surface area (Å²) in [5, 5.41) is 4.82. The molecule has 0 radical (unpaired) electrons. The number of hydrogen-bond acceptors (Lipinski definition) is 9. The smallest absolute Gasteiger partial charge is 0.340 e. The van der Waals surface area contributed by atoms with Gasteiger partial charge in [0.05, 0.1) is 48.7 Å². The molecule has 1 aliphatic rings. The number of aromatic nitrogens is 3. The van der Waals surface area contributed by atoms with Gasteiger partial charge < -0.3 is 23.8 Å². The molecule has 0 saturated carbocycles. The van der Waals surface area contributed by atoms with Crippen LogP contribution in [0.5, 0.6) is 0 Å². The molecule has 1 aliphatic heterocycles. The zero-order chi connectivity index (χ0) is 31.3. The molecule has 1 atom stereocenters. The largest absolute Gasteiger partial charge is 0.466 e. The van der Waals surface area contributed by atoms with Gasteiger partial charge in [0.1, 0.15) is 5.82 Å². The summed E-state index contributed by atoms with van der Waals surface area (Å²) in [6.07, 6.45) is 2.33. The van der Waals surface area contributed by atoms with Gasteiger partial charge in [0.25, 0.3) is 0 Å². The van der Waals surface area contributed by atoms with Gasteiger partial charge in [0, 0.05) is 32.9 Å². The van der Waals surface area contributed by atoms with E-state index in [4.69, 9.17) is 29.0 Å². The Kier molecular flexibility index (Phi) is 11.0. The molecule has 10 nitrogen and oxygen atoms in total. The second-order valence-electron chi connectivity index (χ2n) is 13.4. The number of ether oxygens (including phenoxy) is 4. The first-order valence-corrected chi connectivity index (χ1v) is 18.7. The van der Waals surface area contributed by atoms with Gasteiger partial charge in [0.15, 0.2) is 11.8 Å². The Morgan fingerprint density at radius 3 is 2.43 bits per heavy atom. The van der Waals surface area contributed by atoms with E-state index in [2.05, 4.69) is 38.0 Å². The third-order valence-corrected chi connectivity index (χ3v) is 8.90. The first kappa shape index (κ1) is 33.7. The summed E-state index contributed by atoms with van der Waals surface area (Å²) in [6.45, 7) is 24.5. The first-order chi connectivity index (χ1) is 19.6. The van der Waals surface area contributed by atoms with Crippen molar-refractivity contribution in [2.24, 2.45) is 0 Å². The van der Waals surface area contributed by atoms with Gasteiger partial charge in [-0.1, -0.05) is 25.7 Å². The van der Waals surface area contributed by atoms with E-state index in [1.165, 1.54) is 0 Å². The number of rotatable bonds is 13. The summed E-state index contributed by atoms with van der Waals surface area (Å²) in [5.41, 5.74) is 1.47. The predicted molar refractivity (Wildman–Crippen MR) is 167 cm³/mol. The average molecular weight is 603 g/mol. The van der Waals surface area contributed by atoms with Crippen molar-refractivity contribution in [3.05, 3.63) is 35.7 Å². The molecule has 0 N–H and O–H groups in total. The second-order valence-corrected chi connectivity index (χ2v) is 19.1. The van der Waals surface area contributed by atoms with E-state index in [1.807, 2.05) is 33.8 Å². The maximum atomic E-state index is 13.4. The van der Waals surface area contributed by atoms with E-state index in [0.717, 1.165) is 18.9 Å². The number of fused-ring (bicyclic) bond motifs is 1. The molecular weight excluding hydrogens is 552 g/mol. The van der Waals surface area contributed by atoms with Crippen molar-refractivity contribution in [1.82, 2.24) is 14.6 Å². The lowest BCUT2D eigenvalue weighted by Crippen LogP contribution is -2.45. The fraction of sp³-hybridized carbons (Fsp3) is 0.677. The highest BCUT2D eigenvalue weighted by Gasteiger charge is 2.38. The highest BCUT2D eigenvalue weighted by Crippen LogP contribution is 2.38. The standard InChI is InChI=1S/C31H50N4O6Si/c1-11-17-40-31(7)13-15-34(16-14-31)28-26(27(29(37)38-12-2)41-30(4,5)6)22(3)32-24-20-23(33-35(24)28)21-25(36)39-18-19-42(8,9)10/h11,20,27H,1,12-19,21H2,2-10H3/t27-/m0/s1. The molecule has 3 rings (SSSR count). The minimum atomic E-state index is -1.32. The van der Waals surface area contributed by atoms with Crippen LogP contribution in [0.4, 0.5) is 5.82 Å². The van der Waals surface area contributed by atoms with Crippen LogP contribution in [0.15, 0.2) is 18.7 Å². The number of carbonyl (C=O) groups excluding carboxylic acids is 2. The molecule has 1 fully saturated rings. The van der Waals surface area contributed by atoms with Crippen molar-refractivity contribution in [2.45, 2.75) is 104 Å². The first-order valence-electron chi connectivity index (χ1n) is 14.9. The molecule has 0 amide bonds. The third-order valence-electron chi connectivity index (χ3n) is 7.20. The van der Waals surface area contributed by atoms with E-state index in [0.29, 0.717) is 54.7 Å². The minimum Gasteiger partial charge on any atom is -0.466 e. The molecule has 42 heavy (non-hydrogen) atoms. The van der Waals surface area contributed by atoms with Gasteiger partial charge in [-0.15, -0.1) is 6.58 Å². The molecular formula is C31H50N4O6Si. The number of piperidine rings is 1. The monoisotopic (exact) mass is 602 g/mol. The van der Waals surface area contributed by atoms with Gasteiger partial charge in [-0.05, 0) is 60.4 Å². The third kappa shape index (κ3) is 9.12. The van der Waals surface area contributed by atoms with Crippen LogP contribution in [0.25, 0.3) is 5.65 Å². The molecule has 2 aromatic rings. The molecule has 234 valence electrons. The van der Waals surface area contributed by atoms with Crippen molar-refractivity contribution in [1.29, 1.82) is 0 Å². The predicted octanol–water partition coefficient (Wildman–Crippen LogP) is 5.44. The second kappa shape index (κ2) is 13.7. The Bertz CT molecular complexity index is 1250. The fourth-order valence-corrected chi connectivity index (χ4v) is 5.64. The average Bonchev–Trinajstić information content (AvgIpc) is 3.26. The topological polar surface area (TPSA) is 104 Å². The van der Waals surface area contributed by atoms with Crippen molar-refractivity contribution in [3.63, 3.8) is 0 Å². The summed E-state index contributed by atoms with van der Waals surface area (Å²) in [5.74, 6) is -0.0832. The van der Waals surface area contributed by atoms with Crippen LogP contribution >= 0.6 is 0 Å². The number of esters is 2. The van der Waals surface area contributed by atoms with Crippen LogP contribution < -0.4 is 4.90 Å². The number of carbonyl (C=O) groups is 2. The van der Waals surface area contributed by atoms with Crippen molar-refractivity contribution in [2.75, 3.05) is 37.8 Å². The molecule has 0 aromatic carbocycles. The van der Waals surface area contributed by atoms with Crippen LogP contribution in [0.1, 0.15) is 70.5 Å². The number of nitrogens with zero attached hydrogens (tertiary/aromatic N) is 4. The van der Waals surface area contributed by atoms with E-state index < -0.39 is 25.7 Å². The van der Waals surface area contributed by atoms with Gasteiger partial charge >= 0.3 is 11.9 Å². The summed E-state index contributed by atoms with van der Waals surface area (Å²) in [7, 11) is -1.32. The quantitative estimate of drug-likeness (QED) is 0.168.